The van der Waals surface area contributed by atoms with Crippen LogP contribution in [-0.2, 0) is 52.3 Å². The molecule has 1 aliphatic heterocycles. The number of ether oxygens (including phenoxy) is 7. The van der Waals surface area contributed by atoms with Crippen molar-refractivity contribution in [1.82, 2.24) is 29.3 Å². The molecule has 0 radical (unpaired) electrons. The molecule has 3 heterocycles. The molecule has 0 aromatic carbocycles. The number of hydrogen-bond acceptors (Lipinski definition) is 19. The van der Waals surface area contributed by atoms with Gasteiger partial charge in [-0.3, -0.25) is 33.9 Å². The Morgan fingerprint density at radius 1 is 0.446 bits per heavy atom. The molecule has 0 aliphatic carbocycles. The van der Waals surface area contributed by atoms with Gasteiger partial charge in [-0.15, -0.1) is 0 Å². The van der Waals surface area contributed by atoms with E-state index in [-0.39, 0.29) is 48.0 Å². The number of nitrogen functional groups attached to an aromatic ring is 1. The number of nitrogens with two attached hydrogens (primary N) is 1. The Hall–Kier alpha value is -4.45. The van der Waals surface area contributed by atoms with Crippen molar-refractivity contribution in [3.8, 4) is 0 Å². The lowest BCUT2D eigenvalue weighted by Crippen LogP contribution is -2.35. The summed E-state index contributed by atoms with van der Waals surface area (Å²) in [6.07, 6.45) is 34.7. The van der Waals surface area contributed by atoms with E-state index in [9.17, 15) is 39.0 Å². The average molecular weight is 1310 g/mol. The Bertz CT molecular complexity index is 2250. The van der Waals surface area contributed by atoms with Gasteiger partial charge in [-0.1, -0.05) is 181 Å². The van der Waals surface area contributed by atoms with Gasteiger partial charge in [-0.25, -0.2) is 9.36 Å². The number of imidazole rings is 1. The molecule has 1 fully saturated rings. The van der Waals surface area contributed by atoms with Crippen molar-refractivity contribution in [2.24, 2.45) is 0 Å². The van der Waals surface area contributed by atoms with E-state index in [1.54, 1.807) is 0 Å². The lowest BCUT2D eigenvalue weighted by Gasteiger charge is -2.23. The smallest absolute Gasteiger partial charge is 0.330 e. The lowest BCUT2D eigenvalue weighted by atomic mass is 10.1. The van der Waals surface area contributed by atoms with Crippen LogP contribution in [0.2, 0.25) is 0 Å². The van der Waals surface area contributed by atoms with E-state index in [1.807, 2.05) is 0 Å². The minimum atomic E-state index is -1.58. The van der Waals surface area contributed by atoms with E-state index in [1.165, 1.54) is 70.6 Å². The quantitative estimate of drug-likeness (QED) is 0.0234. The molecule has 0 bridgehead atoms. The number of esters is 4. The maximum absolute atomic E-state index is 12.9. The first-order valence-corrected chi connectivity index (χ1v) is 36.6. The molecule has 0 spiro atoms. The highest BCUT2D eigenvalue weighted by Gasteiger charge is 2.46. The van der Waals surface area contributed by atoms with Crippen LogP contribution in [0.15, 0.2) is 9.59 Å². The number of aromatic nitrogens is 4. The summed E-state index contributed by atoms with van der Waals surface area (Å²) in [6.45, 7) is 15.6. The lowest BCUT2D eigenvalue weighted by molar-refractivity contribution is -0.150. The van der Waals surface area contributed by atoms with Crippen molar-refractivity contribution < 1.29 is 62.5 Å². The number of aliphatic hydroxyl groups excluding tert-OH is 2. The van der Waals surface area contributed by atoms with Gasteiger partial charge in [0.05, 0.1) is 46.2 Å². The summed E-state index contributed by atoms with van der Waals surface area (Å²) in [4.78, 5) is 88.2. The van der Waals surface area contributed by atoms with E-state index in [0.717, 1.165) is 198 Å². The maximum atomic E-state index is 12.9. The fourth-order valence-corrected chi connectivity index (χ4v) is 11.6. The van der Waals surface area contributed by atoms with Crippen LogP contribution in [0.3, 0.4) is 0 Å². The topological polar surface area (TPSA) is 289 Å². The molecule has 1 aliphatic rings. The summed E-state index contributed by atoms with van der Waals surface area (Å²) in [7, 11) is 0. The van der Waals surface area contributed by atoms with E-state index in [2.05, 4.69) is 45.5 Å². The van der Waals surface area contributed by atoms with Crippen LogP contribution < -0.4 is 17.0 Å². The molecule has 0 saturated carbocycles. The number of hydrogen-bond donors (Lipinski definition) is 5. The molecular formula is C70H127N7O15. The largest absolute Gasteiger partial charge is 0.466 e. The summed E-state index contributed by atoms with van der Waals surface area (Å²) in [5, 5.41) is 21.6. The summed E-state index contributed by atoms with van der Waals surface area (Å²) in [6, 6.07) is 0. The number of rotatable bonds is 63. The van der Waals surface area contributed by atoms with Crippen LogP contribution in [0.1, 0.15) is 284 Å². The first-order chi connectivity index (χ1) is 44.9. The van der Waals surface area contributed by atoms with Crippen LogP contribution >= 0.6 is 0 Å². The van der Waals surface area contributed by atoms with Gasteiger partial charge in [0.25, 0.3) is 5.56 Å². The van der Waals surface area contributed by atoms with Crippen molar-refractivity contribution in [1.29, 1.82) is 0 Å². The van der Waals surface area contributed by atoms with E-state index >= 15 is 0 Å². The number of fused-ring (bicyclic) bond motifs is 1. The first kappa shape index (κ1) is 81.8. The Labute approximate surface area is 551 Å². The van der Waals surface area contributed by atoms with Gasteiger partial charge < -0.3 is 58.9 Å². The predicted octanol–water partition coefficient (Wildman–Crippen LogP) is 12.1. The summed E-state index contributed by atoms with van der Waals surface area (Å²) < 4.78 is 40.8. The molecule has 2 aromatic heterocycles. The molecular weight excluding hydrogens is 1180 g/mol. The number of nitrogens with zero attached hydrogens (tertiary/aromatic N) is 4. The molecule has 22 heteroatoms. The Morgan fingerprint density at radius 2 is 0.793 bits per heavy atom. The molecule has 3 rings (SSSR count). The van der Waals surface area contributed by atoms with Gasteiger partial charge in [-0.2, -0.15) is 4.98 Å². The number of carbonyl (C=O) groups excluding carboxylic acids is 4. The van der Waals surface area contributed by atoms with Gasteiger partial charge in [0.15, 0.2) is 17.4 Å². The second-order valence-electron chi connectivity index (χ2n) is 25.4. The molecule has 4 atom stereocenters. The van der Waals surface area contributed by atoms with Crippen LogP contribution in [0.5, 0.6) is 0 Å². The normalized spacial score (nSPS) is 15.7. The zero-order chi connectivity index (χ0) is 66.5. The summed E-state index contributed by atoms with van der Waals surface area (Å²) in [5.74, 6) is -0.924. The fraction of sp³-hybridized carbons (Fsp3) is 0.871. The minimum Gasteiger partial charge on any atom is -0.466 e. The van der Waals surface area contributed by atoms with Crippen LogP contribution in [-0.4, -0.2) is 174 Å². The van der Waals surface area contributed by atoms with Gasteiger partial charge >= 0.3 is 29.6 Å². The second-order valence-corrected chi connectivity index (χ2v) is 25.4. The van der Waals surface area contributed by atoms with Crippen molar-refractivity contribution in [3.05, 3.63) is 20.8 Å². The highest BCUT2D eigenvalue weighted by Crippen LogP contribution is 2.30. The second kappa shape index (κ2) is 54.8. The van der Waals surface area contributed by atoms with Crippen LogP contribution in [0.4, 0.5) is 5.95 Å². The third-order valence-corrected chi connectivity index (χ3v) is 17.3. The number of unbranched alkanes of at least 4 members (excludes halogenated alkanes) is 29. The first-order valence-electron chi connectivity index (χ1n) is 36.6. The van der Waals surface area contributed by atoms with Crippen LogP contribution in [0, 0.1) is 0 Å². The minimum absolute atomic E-state index is 0.0577. The monoisotopic (exact) mass is 1310 g/mol. The highest BCUT2D eigenvalue weighted by atomic mass is 16.6. The van der Waals surface area contributed by atoms with E-state index < -0.39 is 41.8 Å². The highest BCUT2D eigenvalue weighted by molar-refractivity contribution is 5.71. The molecule has 532 valence electrons. The molecule has 6 N–H and O–H groups in total. The van der Waals surface area contributed by atoms with Gasteiger partial charge in [0.1, 0.15) is 24.9 Å². The number of aliphatic hydroxyl groups is 2. The molecule has 92 heavy (non-hydrogen) atoms. The molecule has 1 unspecified atom stereocenters. The number of nitrogens with one attached hydrogen (secondary N) is 2. The Kier molecular flexibility index (Phi) is 48.7. The zero-order valence-corrected chi connectivity index (χ0v) is 57.6. The summed E-state index contributed by atoms with van der Waals surface area (Å²) in [5.41, 5.74) is 3.90. The van der Waals surface area contributed by atoms with Gasteiger partial charge in [-0.05, 0) is 96.8 Å². The number of H-pyrrole nitrogens is 2. The number of aromatic amines is 2. The van der Waals surface area contributed by atoms with Gasteiger partial charge in [0.2, 0.25) is 5.95 Å². The maximum Gasteiger partial charge on any atom is 0.330 e. The Balaban J connectivity index is 1.39. The van der Waals surface area contributed by atoms with Crippen molar-refractivity contribution in [2.75, 3.05) is 97.9 Å². The van der Waals surface area contributed by atoms with Crippen molar-refractivity contribution >= 4 is 41.0 Å². The van der Waals surface area contributed by atoms with Gasteiger partial charge in [0, 0.05) is 38.8 Å². The number of carbonyl (C=O) groups is 4. The average Bonchev–Trinajstić information content (AvgIpc) is 1.61. The van der Waals surface area contributed by atoms with E-state index in [0.29, 0.717) is 71.9 Å². The molecule has 1 saturated heterocycles. The number of anilines is 1. The molecule has 22 nitrogen and oxygen atoms in total. The summed E-state index contributed by atoms with van der Waals surface area (Å²) >= 11 is 0. The Morgan fingerprint density at radius 3 is 1.20 bits per heavy atom. The van der Waals surface area contributed by atoms with Crippen LogP contribution in [0.25, 0.3) is 11.2 Å². The van der Waals surface area contributed by atoms with Crippen molar-refractivity contribution in [2.45, 2.75) is 302 Å². The molecule has 2 aromatic rings. The SMILES string of the molecule is CCCCCCCOC(=O)CCCCCCCCN(CCCCCCCCC(=O)OCCCCCCC)CCOCCOCCN(CCCCCCCCC(=O)OCCCCCCC)CCCCCC(=O)OC[C@@H]1O[C@H](n2c(=O)[nH]c3c(=O)[nH]c(N)nc32)[C@H](O)C1O. The standard InChI is InChI=1S/C70H127N7O15/c1-4-7-10-25-37-50-88-59(78)40-29-19-13-16-22-33-44-75(45-34-23-17-14-20-30-41-60(79)89-51-38-26-11-8-5-2)48-53-86-55-56-87-54-49-76(46-35-24-18-15-21-31-42-61(80)90-52-39-27-12-9-6-3)47-36-28-32-43-62(81)91-57-58-64(82)65(83)68(92-58)77-66-63(72-70(77)85)67(84)74-69(71)73-66/h58,64-65,68,82-83H,4-57H2,1-3H3,(H,72,85)(H3,71,73,74,84)/t58-,64?,65+,68-/m0/s1. The van der Waals surface area contributed by atoms with E-state index in [4.69, 9.17) is 38.9 Å². The third kappa shape index (κ3) is 39.4. The zero-order valence-electron chi connectivity index (χ0n) is 57.6. The fourth-order valence-electron chi connectivity index (χ4n) is 11.6. The predicted molar refractivity (Wildman–Crippen MR) is 361 cm³/mol. The third-order valence-electron chi connectivity index (χ3n) is 17.3. The molecule has 0 amide bonds. The van der Waals surface area contributed by atoms with Crippen molar-refractivity contribution in [3.63, 3.8) is 0 Å².